The number of carbonyl (C=O) groups excluding carboxylic acids is 1. The Balaban J connectivity index is 1.65. The Hall–Kier alpha value is -1.46. The van der Waals surface area contributed by atoms with E-state index in [2.05, 4.69) is 16.0 Å². The van der Waals surface area contributed by atoms with Gasteiger partial charge in [-0.2, -0.15) is 0 Å². The van der Waals surface area contributed by atoms with Gasteiger partial charge in [-0.15, -0.1) is 0 Å². The number of carbonyl (C=O) groups is 1. The standard InChI is InChI=1S/C18H27N3O2/c1-20(2)18(22)12-21-9-7-17(23-13-14-5-6-14)16(21)10-15-4-3-8-19-11-15/h3-4,8,11,14,16-17H,5-7,9-10,12-13H2,1-2H3/t16-,17-/m1/s1. The molecular weight excluding hydrogens is 290 g/mol. The number of hydrogen-bond acceptors (Lipinski definition) is 4. The van der Waals surface area contributed by atoms with Gasteiger partial charge in [0.1, 0.15) is 0 Å². The fraction of sp³-hybridized carbons (Fsp3) is 0.667. The second-order valence-electron chi connectivity index (χ2n) is 7.00. The molecule has 1 aromatic rings. The Morgan fingerprint density at radius 3 is 2.87 bits per heavy atom. The third-order valence-corrected chi connectivity index (χ3v) is 4.85. The Kier molecular flexibility index (Phi) is 5.28. The van der Waals surface area contributed by atoms with Crippen molar-refractivity contribution in [2.75, 3.05) is 33.8 Å². The fourth-order valence-corrected chi connectivity index (χ4v) is 3.16. The number of likely N-dealkylation sites (tertiary alicyclic amines) is 1. The molecule has 0 N–H and O–H groups in total. The van der Waals surface area contributed by atoms with Gasteiger partial charge in [-0.05, 0) is 43.2 Å². The topological polar surface area (TPSA) is 45.7 Å². The van der Waals surface area contributed by atoms with Crippen LogP contribution in [0.2, 0.25) is 0 Å². The number of rotatable bonds is 7. The molecule has 1 aliphatic heterocycles. The van der Waals surface area contributed by atoms with Gasteiger partial charge in [-0.3, -0.25) is 14.7 Å². The lowest BCUT2D eigenvalue weighted by Crippen LogP contribution is -2.43. The average Bonchev–Trinajstić information content (AvgIpc) is 3.31. The lowest BCUT2D eigenvalue weighted by Gasteiger charge is -2.28. The van der Waals surface area contributed by atoms with Crippen LogP contribution in [0.15, 0.2) is 24.5 Å². The van der Waals surface area contributed by atoms with Crippen molar-refractivity contribution in [3.63, 3.8) is 0 Å². The molecule has 2 aliphatic rings. The minimum Gasteiger partial charge on any atom is -0.376 e. The highest BCUT2D eigenvalue weighted by Crippen LogP contribution is 2.31. The van der Waals surface area contributed by atoms with E-state index < -0.39 is 0 Å². The molecule has 23 heavy (non-hydrogen) atoms. The van der Waals surface area contributed by atoms with Crippen LogP contribution in [0.5, 0.6) is 0 Å². The highest BCUT2D eigenvalue weighted by molar-refractivity contribution is 5.77. The summed E-state index contributed by atoms with van der Waals surface area (Å²) in [5.74, 6) is 0.926. The van der Waals surface area contributed by atoms with E-state index in [4.69, 9.17) is 4.74 Å². The van der Waals surface area contributed by atoms with E-state index in [1.54, 1.807) is 11.1 Å². The van der Waals surface area contributed by atoms with Crippen LogP contribution >= 0.6 is 0 Å². The van der Waals surface area contributed by atoms with Crippen molar-refractivity contribution in [3.8, 4) is 0 Å². The smallest absolute Gasteiger partial charge is 0.236 e. The quantitative estimate of drug-likeness (QED) is 0.766. The predicted molar refractivity (Wildman–Crippen MR) is 89.1 cm³/mol. The van der Waals surface area contributed by atoms with Crippen molar-refractivity contribution in [2.24, 2.45) is 5.92 Å². The van der Waals surface area contributed by atoms with Crippen LogP contribution in [0.3, 0.4) is 0 Å². The molecule has 1 amide bonds. The number of pyridine rings is 1. The van der Waals surface area contributed by atoms with Crippen LogP contribution in [0.4, 0.5) is 0 Å². The Morgan fingerprint density at radius 2 is 2.22 bits per heavy atom. The van der Waals surface area contributed by atoms with Crippen molar-refractivity contribution in [1.29, 1.82) is 0 Å². The van der Waals surface area contributed by atoms with E-state index in [0.29, 0.717) is 6.54 Å². The van der Waals surface area contributed by atoms with Gasteiger partial charge in [0.25, 0.3) is 0 Å². The summed E-state index contributed by atoms with van der Waals surface area (Å²) >= 11 is 0. The maximum Gasteiger partial charge on any atom is 0.236 e. The van der Waals surface area contributed by atoms with Gasteiger partial charge >= 0.3 is 0 Å². The Morgan fingerprint density at radius 1 is 1.39 bits per heavy atom. The summed E-state index contributed by atoms with van der Waals surface area (Å²) in [6.07, 6.45) is 8.47. The summed E-state index contributed by atoms with van der Waals surface area (Å²) in [5, 5.41) is 0. The summed E-state index contributed by atoms with van der Waals surface area (Å²) in [6.45, 7) is 2.28. The molecule has 2 atom stereocenters. The number of likely N-dealkylation sites (N-methyl/N-ethyl adjacent to an activating group) is 1. The lowest BCUT2D eigenvalue weighted by molar-refractivity contribution is -0.130. The molecule has 2 heterocycles. The van der Waals surface area contributed by atoms with Crippen molar-refractivity contribution in [1.82, 2.24) is 14.8 Å². The maximum atomic E-state index is 12.1. The Labute approximate surface area is 138 Å². The van der Waals surface area contributed by atoms with Crippen LogP contribution in [-0.4, -0.2) is 66.6 Å². The number of aromatic nitrogens is 1. The molecule has 1 aliphatic carbocycles. The van der Waals surface area contributed by atoms with E-state index in [0.717, 1.165) is 31.9 Å². The van der Waals surface area contributed by atoms with E-state index >= 15 is 0 Å². The molecule has 5 nitrogen and oxygen atoms in total. The first-order chi connectivity index (χ1) is 11.1. The van der Waals surface area contributed by atoms with Gasteiger partial charge in [0, 0.05) is 45.7 Å². The molecule has 1 aromatic heterocycles. The summed E-state index contributed by atoms with van der Waals surface area (Å²) in [5.41, 5.74) is 1.21. The molecule has 3 rings (SSSR count). The van der Waals surface area contributed by atoms with Crippen LogP contribution in [0, 0.1) is 5.92 Å². The third-order valence-electron chi connectivity index (χ3n) is 4.85. The van der Waals surface area contributed by atoms with E-state index in [9.17, 15) is 4.79 Å². The van der Waals surface area contributed by atoms with Crippen molar-refractivity contribution in [2.45, 2.75) is 37.8 Å². The maximum absolute atomic E-state index is 12.1. The molecule has 1 saturated carbocycles. The van der Waals surface area contributed by atoms with E-state index in [-0.39, 0.29) is 18.1 Å². The fourth-order valence-electron chi connectivity index (χ4n) is 3.16. The molecule has 1 saturated heterocycles. The van der Waals surface area contributed by atoms with Gasteiger partial charge in [0.15, 0.2) is 0 Å². The van der Waals surface area contributed by atoms with Crippen molar-refractivity contribution >= 4 is 5.91 Å². The van der Waals surface area contributed by atoms with Crippen molar-refractivity contribution in [3.05, 3.63) is 30.1 Å². The van der Waals surface area contributed by atoms with Crippen LogP contribution in [0.25, 0.3) is 0 Å². The number of hydrogen-bond donors (Lipinski definition) is 0. The molecule has 0 spiro atoms. The summed E-state index contributed by atoms with van der Waals surface area (Å²) in [6, 6.07) is 4.34. The highest BCUT2D eigenvalue weighted by atomic mass is 16.5. The largest absolute Gasteiger partial charge is 0.376 e. The predicted octanol–water partition coefficient (Wildman–Crippen LogP) is 1.58. The molecule has 2 fully saturated rings. The molecule has 0 bridgehead atoms. The van der Waals surface area contributed by atoms with Crippen LogP contribution in [-0.2, 0) is 16.0 Å². The zero-order chi connectivity index (χ0) is 16.2. The number of amides is 1. The minimum atomic E-state index is 0.157. The van der Waals surface area contributed by atoms with Crippen molar-refractivity contribution < 1.29 is 9.53 Å². The SMILES string of the molecule is CN(C)C(=O)CN1CC[C@@H](OCC2CC2)[C@H]1Cc1cccnc1. The number of ether oxygens (including phenoxy) is 1. The Bertz CT molecular complexity index is 516. The lowest BCUT2D eigenvalue weighted by atomic mass is 10.0. The second kappa shape index (κ2) is 7.41. The monoisotopic (exact) mass is 317 g/mol. The summed E-state index contributed by atoms with van der Waals surface area (Å²) in [7, 11) is 3.63. The van der Waals surface area contributed by atoms with Gasteiger partial charge < -0.3 is 9.64 Å². The molecule has 0 unspecified atom stereocenters. The molecular formula is C18H27N3O2. The van der Waals surface area contributed by atoms with Gasteiger partial charge in [-0.25, -0.2) is 0 Å². The minimum absolute atomic E-state index is 0.157. The molecule has 0 radical (unpaired) electrons. The molecule has 126 valence electrons. The van der Waals surface area contributed by atoms with Gasteiger partial charge in [0.05, 0.1) is 12.6 Å². The molecule has 0 aromatic carbocycles. The zero-order valence-corrected chi connectivity index (χ0v) is 14.1. The third kappa shape index (κ3) is 4.52. The van der Waals surface area contributed by atoms with Gasteiger partial charge in [-0.1, -0.05) is 6.07 Å². The first-order valence-electron chi connectivity index (χ1n) is 8.58. The zero-order valence-electron chi connectivity index (χ0n) is 14.1. The second-order valence-corrected chi connectivity index (χ2v) is 7.00. The first kappa shape index (κ1) is 16.4. The summed E-state index contributed by atoms with van der Waals surface area (Å²) < 4.78 is 6.20. The molecule has 5 heteroatoms. The normalized spacial score (nSPS) is 24.8. The average molecular weight is 317 g/mol. The number of nitrogens with zero attached hydrogens (tertiary/aromatic N) is 3. The van der Waals surface area contributed by atoms with E-state index in [1.165, 1.54) is 18.4 Å². The van der Waals surface area contributed by atoms with Crippen LogP contribution < -0.4 is 0 Å². The summed E-state index contributed by atoms with van der Waals surface area (Å²) in [4.78, 5) is 20.3. The van der Waals surface area contributed by atoms with Gasteiger partial charge in [0.2, 0.25) is 5.91 Å². The van der Waals surface area contributed by atoms with Crippen LogP contribution in [0.1, 0.15) is 24.8 Å². The highest BCUT2D eigenvalue weighted by Gasteiger charge is 2.37. The van der Waals surface area contributed by atoms with E-state index in [1.807, 2.05) is 26.4 Å². The first-order valence-corrected chi connectivity index (χ1v) is 8.58.